The van der Waals surface area contributed by atoms with Crippen LogP contribution in [0.3, 0.4) is 0 Å². The summed E-state index contributed by atoms with van der Waals surface area (Å²) in [5.74, 6) is 0. The standard InChI is InChI=1S/C19H22N4O3/c1-14-6-7-15-4-2-3-5-18(15)22(14)13-12-20-19(24)21-16-8-10-17(11-9-16)23(25)26/h2-5,8-11,14H,6-7,12-13H2,1H3,(H2,20,21,24). The van der Waals surface area contributed by atoms with Gasteiger partial charge in [-0.15, -0.1) is 0 Å². The second kappa shape index (κ2) is 7.86. The van der Waals surface area contributed by atoms with E-state index in [9.17, 15) is 14.9 Å². The molecule has 1 atom stereocenters. The Bertz CT molecular complexity index is 792. The van der Waals surface area contributed by atoms with Gasteiger partial charge in [-0.3, -0.25) is 10.1 Å². The highest BCUT2D eigenvalue weighted by Crippen LogP contribution is 2.29. The predicted molar refractivity (Wildman–Crippen MR) is 102 cm³/mol. The van der Waals surface area contributed by atoms with E-state index in [4.69, 9.17) is 0 Å². The monoisotopic (exact) mass is 354 g/mol. The summed E-state index contributed by atoms with van der Waals surface area (Å²) in [6.45, 7) is 3.44. The highest BCUT2D eigenvalue weighted by molar-refractivity contribution is 5.89. The summed E-state index contributed by atoms with van der Waals surface area (Å²) >= 11 is 0. The van der Waals surface area contributed by atoms with Gasteiger partial charge in [0, 0.05) is 42.6 Å². The Morgan fingerprint density at radius 2 is 1.96 bits per heavy atom. The van der Waals surface area contributed by atoms with E-state index in [1.807, 2.05) is 6.07 Å². The molecule has 7 heteroatoms. The molecule has 136 valence electrons. The maximum atomic E-state index is 12.0. The van der Waals surface area contributed by atoms with Crippen molar-refractivity contribution < 1.29 is 9.72 Å². The first kappa shape index (κ1) is 17.7. The van der Waals surface area contributed by atoms with Gasteiger partial charge in [0.15, 0.2) is 0 Å². The van der Waals surface area contributed by atoms with Crippen LogP contribution in [0.1, 0.15) is 18.9 Å². The van der Waals surface area contributed by atoms with Crippen molar-refractivity contribution in [3.63, 3.8) is 0 Å². The summed E-state index contributed by atoms with van der Waals surface area (Å²) in [5, 5.41) is 16.2. The highest BCUT2D eigenvalue weighted by Gasteiger charge is 2.22. The molecular weight excluding hydrogens is 332 g/mol. The molecule has 0 saturated carbocycles. The molecule has 0 spiro atoms. The molecule has 0 radical (unpaired) electrons. The predicted octanol–water partition coefficient (Wildman–Crippen LogP) is 3.56. The fraction of sp³-hybridized carbons (Fsp3) is 0.316. The van der Waals surface area contributed by atoms with E-state index in [2.05, 4.69) is 40.7 Å². The summed E-state index contributed by atoms with van der Waals surface area (Å²) < 4.78 is 0. The van der Waals surface area contributed by atoms with Crippen LogP contribution >= 0.6 is 0 Å². The van der Waals surface area contributed by atoms with Crippen LogP contribution in [-0.4, -0.2) is 30.1 Å². The van der Waals surface area contributed by atoms with Gasteiger partial charge in [-0.25, -0.2) is 4.79 Å². The van der Waals surface area contributed by atoms with Crippen molar-refractivity contribution in [3.05, 3.63) is 64.2 Å². The minimum absolute atomic E-state index is 0.00582. The number of para-hydroxylation sites is 1. The summed E-state index contributed by atoms with van der Waals surface area (Å²) in [5.41, 5.74) is 3.10. The van der Waals surface area contributed by atoms with Crippen molar-refractivity contribution in [2.75, 3.05) is 23.3 Å². The van der Waals surface area contributed by atoms with Crippen molar-refractivity contribution in [1.29, 1.82) is 0 Å². The van der Waals surface area contributed by atoms with Crippen molar-refractivity contribution in [2.24, 2.45) is 0 Å². The molecule has 0 fully saturated rings. The van der Waals surface area contributed by atoms with Gasteiger partial charge in [-0.1, -0.05) is 18.2 Å². The average molecular weight is 354 g/mol. The molecular formula is C19H22N4O3. The number of fused-ring (bicyclic) bond motifs is 1. The van der Waals surface area contributed by atoms with E-state index in [0.29, 0.717) is 18.3 Å². The number of nitrogens with one attached hydrogen (secondary N) is 2. The van der Waals surface area contributed by atoms with Crippen LogP contribution in [0.25, 0.3) is 0 Å². The zero-order valence-electron chi connectivity index (χ0n) is 14.6. The Morgan fingerprint density at radius 1 is 1.23 bits per heavy atom. The molecule has 2 aromatic rings. The Morgan fingerprint density at radius 3 is 2.69 bits per heavy atom. The van der Waals surface area contributed by atoms with Crippen LogP contribution in [0.5, 0.6) is 0 Å². The van der Waals surface area contributed by atoms with Crippen LogP contribution in [0.4, 0.5) is 21.9 Å². The van der Waals surface area contributed by atoms with Crippen molar-refractivity contribution in [1.82, 2.24) is 5.32 Å². The molecule has 0 aliphatic carbocycles. The number of non-ortho nitro benzene ring substituents is 1. The first-order valence-corrected chi connectivity index (χ1v) is 8.68. The molecule has 2 amide bonds. The number of nitro groups is 1. The molecule has 2 N–H and O–H groups in total. The lowest BCUT2D eigenvalue weighted by atomic mass is 9.97. The van der Waals surface area contributed by atoms with Crippen LogP contribution in [0, 0.1) is 10.1 Å². The maximum Gasteiger partial charge on any atom is 0.319 e. The van der Waals surface area contributed by atoms with Gasteiger partial charge in [0.25, 0.3) is 5.69 Å². The first-order valence-electron chi connectivity index (χ1n) is 8.68. The molecule has 1 heterocycles. The van der Waals surface area contributed by atoms with E-state index in [1.54, 1.807) is 0 Å². The van der Waals surface area contributed by atoms with Crippen LogP contribution in [0.2, 0.25) is 0 Å². The van der Waals surface area contributed by atoms with Gasteiger partial charge in [0.1, 0.15) is 0 Å². The first-order chi connectivity index (χ1) is 12.5. The highest BCUT2D eigenvalue weighted by atomic mass is 16.6. The van der Waals surface area contributed by atoms with Gasteiger partial charge in [-0.2, -0.15) is 0 Å². The molecule has 7 nitrogen and oxygen atoms in total. The number of amides is 2. The second-order valence-electron chi connectivity index (χ2n) is 6.39. The third kappa shape index (κ3) is 4.11. The molecule has 1 aliphatic heterocycles. The number of nitro benzene ring substituents is 1. The third-order valence-corrected chi connectivity index (χ3v) is 4.64. The van der Waals surface area contributed by atoms with Gasteiger partial charge >= 0.3 is 6.03 Å². The number of carbonyl (C=O) groups is 1. The lowest BCUT2D eigenvalue weighted by Gasteiger charge is -2.37. The Kier molecular flexibility index (Phi) is 5.36. The zero-order chi connectivity index (χ0) is 18.5. The fourth-order valence-corrected chi connectivity index (χ4v) is 3.23. The number of benzene rings is 2. The normalized spacial score (nSPS) is 15.9. The number of carbonyl (C=O) groups excluding carboxylic acids is 1. The number of aryl methyl sites for hydroxylation is 1. The Hall–Kier alpha value is -3.09. The quantitative estimate of drug-likeness (QED) is 0.635. The smallest absolute Gasteiger partial charge is 0.319 e. The van der Waals surface area contributed by atoms with Crippen LogP contribution in [0.15, 0.2) is 48.5 Å². The molecule has 2 aromatic carbocycles. The average Bonchev–Trinajstić information content (AvgIpc) is 2.64. The fourth-order valence-electron chi connectivity index (χ4n) is 3.23. The molecule has 0 bridgehead atoms. The minimum Gasteiger partial charge on any atom is -0.367 e. The lowest BCUT2D eigenvalue weighted by molar-refractivity contribution is -0.384. The minimum atomic E-state index is -0.471. The van der Waals surface area contributed by atoms with E-state index in [1.165, 1.54) is 35.5 Å². The maximum absolute atomic E-state index is 12.0. The third-order valence-electron chi connectivity index (χ3n) is 4.64. The molecule has 3 rings (SSSR count). The number of anilines is 2. The lowest BCUT2D eigenvalue weighted by Crippen LogP contribution is -2.43. The molecule has 1 unspecified atom stereocenters. The molecule has 0 saturated heterocycles. The summed E-state index contributed by atoms with van der Waals surface area (Å²) in [4.78, 5) is 24.5. The number of rotatable bonds is 5. The van der Waals surface area contributed by atoms with Gasteiger partial charge < -0.3 is 15.5 Å². The zero-order valence-corrected chi connectivity index (χ0v) is 14.6. The van der Waals surface area contributed by atoms with Gasteiger partial charge in [0.05, 0.1) is 4.92 Å². The van der Waals surface area contributed by atoms with E-state index < -0.39 is 4.92 Å². The van der Waals surface area contributed by atoms with E-state index in [-0.39, 0.29) is 11.7 Å². The van der Waals surface area contributed by atoms with Crippen molar-refractivity contribution >= 4 is 23.1 Å². The van der Waals surface area contributed by atoms with E-state index in [0.717, 1.165) is 19.4 Å². The number of hydrogen-bond donors (Lipinski definition) is 2. The van der Waals surface area contributed by atoms with Crippen LogP contribution in [-0.2, 0) is 6.42 Å². The summed E-state index contributed by atoms with van der Waals surface area (Å²) in [6, 6.07) is 14.2. The van der Waals surface area contributed by atoms with Gasteiger partial charge in [0.2, 0.25) is 0 Å². The molecule has 26 heavy (non-hydrogen) atoms. The van der Waals surface area contributed by atoms with E-state index >= 15 is 0 Å². The molecule has 0 aromatic heterocycles. The summed E-state index contributed by atoms with van der Waals surface area (Å²) in [6.07, 6.45) is 2.19. The summed E-state index contributed by atoms with van der Waals surface area (Å²) in [7, 11) is 0. The molecule has 1 aliphatic rings. The van der Waals surface area contributed by atoms with Crippen molar-refractivity contribution in [2.45, 2.75) is 25.8 Å². The second-order valence-corrected chi connectivity index (χ2v) is 6.39. The number of nitrogens with zero attached hydrogens (tertiary/aromatic N) is 2. The van der Waals surface area contributed by atoms with Crippen LogP contribution < -0.4 is 15.5 Å². The van der Waals surface area contributed by atoms with Crippen molar-refractivity contribution in [3.8, 4) is 0 Å². The number of urea groups is 1. The topological polar surface area (TPSA) is 87.5 Å². The van der Waals surface area contributed by atoms with Gasteiger partial charge in [-0.05, 0) is 43.5 Å². The SMILES string of the molecule is CC1CCc2ccccc2N1CCNC(=O)Nc1ccc([N+](=O)[O-])cc1. The Balaban J connectivity index is 1.51. The number of hydrogen-bond acceptors (Lipinski definition) is 4. The Labute approximate surface area is 152 Å². The largest absolute Gasteiger partial charge is 0.367 e.